The number of carbonyl (C=O) groups is 1. The van der Waals surface area contributed by atoms with Crippen molar-refractivity contribution in [1.29, 1.82) is 0 Å². The topological polar surface area (TPSA) is 43.1 Å². The third kappa shape index (κ3) is 1.29. The minimum Gasteiger partial charge on any atom is -0.366 e. The van der Waals surface area contributed by atoms with Crippen LogP contribution >= 0.6 is 0 Å². The fraction of sp³-hybridized carbons (Fsp3) is 0.182. The maximum Gasteiger partial charge on any atom is 0.249 e. The van der Waals surface area contributed by atoms with Gasteiger partial charge in [0.1, 0.15) is 0 Å². The van der Waals surface area contributed by atoms with Gasteiger partial charge in [0.25, 0.3) is 0 Å². The molecule has 0 spiro atoms. The Labute approximate surface area is 76.8 Å². The molecule has 2 rings (SSSR count). The summed E-state index contributed by atoms with van der Waals surface area (Å²) in [6.07, 6.45) is 1.79. The van der Waals surface area contributed by atoms with Gasteiger partial charge in [-0.1, -0.05) is 24.0 Å². The number of benzene rings is 1. The van der Waals surface area contributed by atoms with E-state index in [1.807, 2.05) is 12.1 Å². The van der Waals surface area contributed by atoms with Gasteiger partial charge in [0, 0.05) is 12.0 Å². The standard InChI is InChI=1S/C11H9NO/c12-11(13)10-7-3-5-8-4-1-2-6-9(8)10/h3,5,7H,1,4H2,(H2,12,13). The third-order valence-corrected chi connectivity index (χ3v) is 2.15. The largest absolute Gasteiger partial charge is 0.366 e. The zero-order valence-electron chi connectivity index (χ0n) is 7.13. The third-order valence-electron chi connectivity index (χ3n) is 2.15. The molecule has 1 amide bonds. The lowest BCUT2D eigenvalue weighted by Crippen LogP contribution is -2.14. The molecule has 0 radical (unpaired) electrons. The van der Waals surface area contributed by atoms with Gasteiger partial charge in [-0.05, 0) is 18.1 Å². The average molecular weight is 171 g/mol. The Morgan fingerprint density at radius 2 is 2.31 bits per heavy atom. The smallest absolute Gasteiger partial charge is 0.249 e. The molecule has 0 bridgehead atoms. The first-order chi connectivity index (χ1) is 6.29. The summed E-state index contributed by atoms with van der Waals surface area (Å²) in [6.45, 7) is 0. The van der Waals surface area contributed by atoms with E-state index in [-0.39, 0.29) is 0 Å². The number of carbonyl (C=O) groups excluding carboxylic acids is 1. The van der Waals surface area contributed by atoms with Gasteiger partial charge < -0.3 is 5.73 Å². The lowest BCUT2D eigenvalue weighted by molar-refractivity contribution is 0.1000. The van der Waals surface area contributed by atoms with Crippen LogP contribution in [0.2, 0.25) is 0 Å². The van der Waals surface area contributed by atoms with E-state index in [0.29, 0.717) is 5.56 Å². The summed E-state index contributed by atoms with van der Waals surface area (Å²) in [4.78, 5) is 11.0. The Morgan fingerprint density at radius 1 is 1.46 bits per heavy atom. The molecule has 0 atom stereocenters. The first-order valence-corrected chi connectivity index (χ1v) is 4.19. The van der Waals surface area contributed by atoms with E-state index < -0.39 is 5.91 Å². The fourth-order valence-electron chi connectivity index (χ4n) is 1.51. The van der Waals surface area contributed by atoms with E-state index in [2.05, 4.69) is 11.8 Å². The summed E-state index contributed by atoms with van der Waals surface area (Å²) in [5.74, 6) is 5.54. The van der Waals surface area contributed by atoms with Crippen molar-refractivity contribution in [2.24, 2.45) is 5.73 Å². The Kier molecular flexibility index (Phi) is 1.79. The van der Waals surface area contributed by atoms with Crippen molar-refractivity contribution in [3.05, 3.63) is 34.9 Å². The summed E-state index contributed by atoms with van der Waals surface area (Å²) in [5.41, 5.74) is 7.73. The summed E-state index contributed by atoms with van der Waals surface area (Å²) < 4.78 is 0. The second kappa shape index (κ2) is 2.95. The maximum atomic E-state index is 11.0. The highest BCUT2D eigenvalue weighted by atomic mass is 16.1. The number of fused-ring (bicyclic) bond motifs is 1. The van der Waals surface area contributed by atoms with E-state index in [0.717, 1.165) is 24.0 Å². The Morgan fingerprint density at radius 3 is 3.08 bits per heavy atom. The molecular formula is C11H9NO. The van der Waals surface area contributed by atoms with Gasteiger partial charge in [0.05, 0.1) is 5.56 Å². The van der Waals surface area contributed by atoms with Crippen molar-refractivity contribution in [2.45, 2.75) is 12.8 Å². The lowest BCUT2D eigenvalue weighted by atomic mass is 9.95. The highest BCUT2D eigenvalue weighted by molar-refractivity contribution is 5.96. The van der Waals surface area contributed by atoms with Gasteiger partial charge in [0.2, 0.25) is 5.91 Å². The van der Waals surface area contributed by atoms with Crippen LogP contribution < -0.4 is 5.73 Å². The minimum absolute atomic E-state index is 0.395. The van der Waals surface area contributed by atoms with Crippen LogP contribution in [-0.2, 0) is 6.42 Å². The van der Waals surface area contributed by atoms with Crippen molar-refractivity contribution < 1.29 is 4.79 Å². The monoisotopic (exact) mass is 171 g/mol. The second-order valence-electron chi connectivity index (χ2n) is 3.01. The Bertz CT molecular complexity index is 423. The molecule has 0 saturated carbocycles. The quantitative estimate of drug-likeness (QED) is 0.631. The highest BCUT2D eigenvalue weighted by Crippen LogP contribution is 2.17. The predicted molar refractivity (Wildman–Crippen MR) is 50.2 cm³/mol. The first-order valence-electron chi connectivity index (χ1n) is 4.19. The van der Waals surface area contributed by atoms with Crippen LogP contribution in [0.4, 0.5) is 0 Å². The minimum atomic E-state index is -0.395. The summed E-state index contributed by atoms with van der Waals surface area (Å²) in [7, 11) is 0. The van der Waals surface area contributed by atoms with Crippen molar-refractivity contribution in [1.82, 2.24) is 0 Å². The molecule has 2 heteroatoms. The maximum absolute atomic E-state index is 11.0. The number of hydrogen-bond acceptors (Lipinski definition) is 1. The molecule has 0 aliphatic heterocycles. The molecule has 1 aromatic rings. The highest BCUT2D eigenvalue weighted by Gasteiger charge is 2.11. The second-order valence-corrected chi connectivity index (χ2v) is 3.01. The van der Waals surface area contributed by atoms with Gasteiger partial charge in [-0.2, -0.15) is 0 Å². The van der Waals surface area contributed by atoms with E-state index in [9.17, 15) is 4.79 Å². The number of hydrogen-bond donors (Lipinski definition) is 1. The molecule has 2 N–H and O–H groups in total. The predicted octanol–water partition coefficient (Wildman–Crippen LogP) is 1.08. The summed E-state index contributed by atoms with van der Waals surface area (Å²) in [5, 5.41) is 0. The first kappa shape index (κ1) is 7.88. The van der Waals surface area contributed by atoms with Crippen LogP contribution in [0.25, 0.3) is 0 Å². The van der Waals surface area contributed by atoms with Crippen molar-refractivity contribution in [2.75, 3.05) is 0 Å². The van der Waals surface area contributed by atoms with Crippen LogP contribution in [0.15, 0.2) is 18.2 Å². The van der Waals surface area contributed by atoms with Crippen LogP contribution in [0.3, 0.4) is 0 Å². The lowest BCUT2D eigenvalue weighted by Gasteiger charge is -2.09. The van der Waals surface area contributed by atoms with Gasteiger partial charge >= 0.3 is 0 Å². The van der Waals surface area contributed by atoms with Crippen molar-refractivity contribution in [3.63, 3.8) is 0 Å². The zero-order chi connectivity index (χ0) is 9.26. The normalized spacial score (nSPS) is 12.6. The number of nitrogens with two attached hydrogens (primary N) is 1. The molecule has 0 aromatic heterocycles. The molecule has 0 saturated heterocycles. The van der Waals surface area contributed by atoms with Crippen molar-refractivity contribution >= 4 is 5.91 Å². The van der Waals surface area contributed by atoms with E-state index in [4.69, 9.17) is 5.73 Å². The molecule has 0 unspecified atom stereocenters. The Hall–Kier alpha value is -1.75. The molecule has 0 fully saturated rings. The number of amides is 1. The van der Waals surface area contributed by atoms with Gasteiger partial charge in [0.15, 0.2) is 0 Å². The molecule has 1 aliphatic carbocycles. The van der Waals surface area contributed by atoms with E-state index >= 15 is 0 Å². The fourth-order valence-corrected chi connectivity index (χ4v) is 1.51. The van der Waals surface area contributed by atoms with Gasteiger partial charge in [-0.25, -0.2) is 0 Å². The number of primary amides is 1. The summed E-state index contributed by atoms with van der Waals surface area (Å²) >= 11 is 0. The van der Waals surface area contributed by atoms with Crippen molar-refractivity contribution in [3.8, 4) is 11.8 Å². The molecule has 1 aromatic carbocycles. The van der Waals surface area contributed by atoms with Crippen LogP contribution in [-0.4, -0.2) is 5.91 Å². The van der Waals surface area contributed by atoms with Crippen LogP contribution in [0.1, 0.15) is 27.9 Å². The van der Waals surface area contributed by atoms with E-state index in [1.54, 1.807) is 6.07 Å². The summed E-state index contributed by atoms with van der Waals surface area (Å²) in [6, 6.07) is 5.57. The molecule has 1 aliphatic rings. The van der Waals surface area contributed by atoms with Gasteiger partial charge in [-0.3, -0.25) is 4.79 Å². The van der Waals surface area contributed by atoms with Crippen LogP contribution in [0, 0.1) is 11.8 Å². The number of rotatable bonds is 1. The van der Waals surface area contributed by atoms with Crippen LogP contribution in [0.5, 0.6) is 0 Å². The number of aryl methyl sites for hydroxylation is 1. The SMILES string of the molecule is NC(=O)c1cccc2c1C#CCC2. The Balaban J connectivity index is 2.65. The molecule has 0 heterocycles. The molecule has 2 nitrogen and oxygen atoms in total. The average Bonchev–Trinajstić information content (AvgIpc) is 2.17. The zero-order valence-corrected chi connectivity index (χ0v) is 7.13. The molecule has 13 heavy (non-hydrogen) atoms. The molecule has 64 valence electrons. The van der Waals surface area contributed by atoms with E-state index in [1.165, 1.54) is 0 Å². The molecular weight excluding hydrogens is 162 g/mol. The van der Waals surface area contributed by atoms with Gasteiger partial charge in [-0.15, -0.1) is 0 Å².